The second kappa shape index (κ2) is 7.42. The van der Waals surface area contributed by atoms with Crippen molar-refractivity contribution in [1.29, 1.82) is 0 Å². The predicted molar refractivity (Wildman–Crippen MR) is 94.1 cm³/mol. The maximum Gasteiger partial charge on any atom is 0.318 e. The molecule has 0 aliphatic heterocycles. The first-order valence-electron chi connectivity index (χ1n) is 8.50. The summed E-state index contributed by atoms with van der Waals surface area (Å²) >= 11 is 0. The van der Waals surface area contributed by atoms with Crippen LogP contribution in [0.1, 0.15) is 47.5 Å². The summed E-state index contributed by atoms with van der Waals surface area (Å²) < 4.78 is 5.45. The predicted octanol–water partition coefficient (Wildman–Crippen LogP) is 3.07. The molecule has 6 heteroatoms. The van der Waals surface area contributed by atoms with Gasteiger partial charge in [-0.05, 0) is 49.6 Å². The van der Waals surface area contributed by atoms with Crippen molar-refractivity contribution in [1.82, 2.24) is 15.5 Å². The highest BCUT2D eigenvalue weighted by molar-refractivity contribution is 5.93. The molecule has 0 bridgehead atoms. The van der Waals surface area contributed by atoms with Crippen molar-refractivity contribution in [3.63, 3.8) is 0 Å². The quantitative estimate of drug-likeness (QED) is 0.848. The van der Waals surface area contributed by atoms with Crippen LogP contribution in [0.5, 0.6) is 0 Å². The van der Waals surface area contributed by atoms with Gasteiger partial charge >= 0.3 is 6.03 Å². The van der Waals surface area contributed by atoms with Gasteiger partial charge in [0.1, 0.15) is 5.76 Å². The lowest BCUT2D eigenvalue weighted by Gasteiger charge is -2.28. The summed E-state index contributed by atoms with van der Waals surface area (Å²) in [6.45, 7) is 2.40. The fourth-order valence-electron chi connectivity index (χ4n) is 2.86. The van der Waals surface area contributed by atoms with Crippen LogP contribution >= 0.6 is 0 Å². The minimum absolute atomic E-state index is 0.0956. The van der Waals surface area contributed by atoms with Crippen LogP contribution in [0.2, 0.25) is 0 Å². The number of nitrogens with one attached hydrogen (secondary N) is 2. The molecule has 2 aromatic rings. The smallest absolute Gasteiger partial charge is 0.318 e. The average molecular weight is 341 g/mol. The minimum Gasteiger partial charge on any atom is -0.467 e. The second-order valence-electron chi connectivity index (χ2n) is 6.26. The van der Waals surface area contributed by atoms with E-state index in [9.17, 15) is 9.59 Å². The Balaban J connectivity index is 1.61. The average Bonchev–Trinajstić information content (AvgIpc) is 3.31. The van der Waals surface area contributed by atoms with Crippen molar-refractivity contribution in [2.24, 2.45) is 0 Å². The molecule has 0 radical (unpaired) electrons. The zero-order valence-electron chi connectivity index (χ0n) is 14.5. The molecule has 1 unspecified atom stereocenters. The fraction of sp³-hybridized carbons (Fsp3) is 0.368. The van der Waals surface area contributed by atoms with E-state index in [1.807, 2.05) is 36.1 Å². The van der Waals surface area contributed by atoms with Crippen LogP contribution in [0.3, 0.4) is 0 Å². The van der Waals surface area contributed by atoms with Crippen molar-refractivity contribution in [2.75, 3.05) is 7.05 Å². The molecular weight excluding hydrogens is 318 g/mol. The molecule has 1 fully saturated rings. The first-order valence-corrected chi connectivity index (χ1v) is 8.50. The van der Waals surface area contributed by atoms with Crippen LogP contribution < -0.4 is 10.6 Å². The topological polar surface area (TPSA) is 74.6 Å². The number of carbonyl (C=O) groups is 2. The van der Waals surface area contributed by atoms with E-state index in [2.05, 4.69) is 10.6 Å². The van der Waals surface area contributed by atoms with Gasteiger partial charge in [-0.15, -0.1) is 0 Å². The molecule has 1 saturated carbocycles. The van der Waals surface area contributed by atoms with Crippen LogP contribution in [-0.4, -0.2) is 29.9 Å². The van der Waals surface area contributed by atoms with Gasteiger partial charge in [0.05, 0.1) is 12.3 Å². The normalized spacial score (nSPS) is 14.6. The Kier molecular flexibility index (Phi) is 5.07. The number of furan rings is 1. The molecule has 0 saturated heterocycles. The number of amides is 3. The highest BCUT2D eigenvalue weighted by Gasteiger charge is 2.37. The van der Waals surface area contributed by atoms with E-state index in [4.69, 9.17) is 4.42 Å². The number of hydrogen-bond acceptors (Lipinski definition) is 3. The highest BCUT2D eigenvalue weighted by Crippen LogP contribution is 2.34. The van der Waals surface area contributed by atoms with Crippen molar-refractivity contribution in [3.05, 3.63) is 59.5 Å². The van der Waals surface area contributed by atoms with E-state index in [0.717, 1.165) is 24.2 Å². The summed E-state index contributed by atoms with van der Waals surface area (Å²) in [7, 11) is 1.60. The van der Waals surface area contributed by atoms with Gasteiger partial charge in [0.15, 0.2) is 0 Å². The third kappa shape index (κ3) is 4.02. The Morgan fingerprint density at radius 1 is 1.24 bits per heavy atom. The van der Waals surface area contributed by atoms with Crippen LogP contribution in [-0.2, 0) is 6.54 Å². The molecule has 3 rings (SSSR count). The first kappa shape index (κ1) is 17.1. The lowest BCUT2D eigenvalue weighted by molar-refractivity contribution is 0.0963. The molecule has 2 N–H and O–H groups in total. The van der Waals surface area contributed by atoms with Gasteiger partial charge in [0, 0.05) is 25.2 Å². The van der Waals surface area contributed by atoms with Crippen LogP contribution in [0, 0.1) is 0 Å². The van der Waals surface area contributed by atoms with Crippen molar-refractivity contribution >= 4 is 11.9 Å². The molecular formula is C19H23N3O3. The second-order valence-corrected chi connectivity index (χ2v) is 6.26. The van der Waals surface area contributed by atoms with Gasteiger partial charge in [-0.1, -0.05) is 12.1 Å². The van der Waals surface area contributed by atoms with Gasteiger partial charge in [0.2, 0.25) is 0 Å². The summed E-state index contributed by atoms with van der Waals surface area (Å²) in [5.74, 6) is 0.666. The molecule has 0 spiro atoms. The molecule has 6 nitrogen and oxygen atoms in total. The molecule has 1 aromatic carbocycles. The highest BCUT2D eigenvalue weighted by atomic mass is 16.3. The number of hydrogen-bond donors (Lipinski definition) is 2. The third-order valence-electron chi connectivity index (χ3n) is 4.43. The Labute approximate surface area is 147 Å². The number of benzene rings is 1. The van der Waals surface area contributed by atoms with E-state index >= 15 is 0 Å². The van der Waals surface area contributed by atoms with Crippen molar-refractivity contribution in [3.8, 4) is 0 Å². The fourth-order valence-corrected chi connectivity index (χ4v) is 2.86. The van der Waals surface area contributed by atoms with Crippen molar-refractivity contribution < 1.29 is 14.0 Å². The molecule has 1 aliphatic carbocycles. The van der Waals surface area contributed by atoms with Crippen LogP contribution in [0.4, 0.5) is 4.79 Å². The van der Waals surface area contributed by atoms with Gasteiger partial charge in [-0.3, -0.25) is 4.79 Å². The molecule has 132 valence electrons. The Hall–Kier alpha value is -2.76. The lowest BCUT2D eigenvalue weighted by Crippen LogP contribution is -2.42. The maximum absolute atomic E-state index is 12.7. The molecule has 1 aliphatic rings. The lowest BCUT2D eigenvalue weighted by atomic mass is 10.1. The van der Waals surface area contributed by atoms with Gasteiger partial charge in [-0.25, -0.2) is 4.79 Å². The third-order valence-corrected chi connectivity index (χ3v) is 4.43. The number of carbonyl (C=O) groups excluding carboxylic acids is 2. The zero-order valence-corrected chi connectivity index (χ0v) is 14.5. The number of rotatable bonds is 6. The van der Waals surface area contributed by atoms with Crippen molar-refractivity contribution in [2.45, 2.75) is 38.4 Å². The first-order chi connectivity index (χ1) is 12.1. The molecule has 1 aromatic heterocycles. The van der Waals surface area contributed by atoms with Gasteiger partial charge in [0.25, 0.3) is 5.91 Å². The molecule has 25 heavy (non-hydrogen) atoms. The largest absolute Gasteiger partial charge is 0.467 e. The van der Waals surface area contributed by atoms with Gasteiger partial charge < -0.3 is 20.0 Å². The summed E-state index contributed by atoms with van der Waals surface area (Å²) in [4.78, 5) is 26.1. The van der Waals surface area contributed by atoms with E-state index < -0.39 is 0 Å². The SMILES string of the molecule is CNC(=O)c1ccc(CNC(=O)N(C2CC2)C(C)c2ccco2)cc1. The molecule has 1 heterocycles. The van der Waals surface area contributed by atoms with Crippen LogP contribution in [0.25, 0.3) is 0 Å². The summed E-state index contributed by atoms with van der Waals surface area (Å²) in [5.41, 5.74) is 1.55. The summed E-state index contributed by atoms with van der Waals surface area (Å²) in [6, 6.07) is 11.0. The summed E-state index contributed by atoms with van der Waals surface area (Å²) in [6.07, 6.45) is 3.68. The zero-order chi connectivity index (χ0) is 17.8. The molecule has 1 atom stereocenters. The Morgan fingerprint density at radius 2 is 1.96 bits per heavy atom. The van der Waals surface area contributed by atoms with Crippen LogP contribution in [0.15, 0.2) is 47.1 Å². The standard InChI is InChI=1S/C19H23N3O3/c1-13(17-4-3-11-25-17)22(16-9-10-16)19(24)21-12-14-5-7-15(8-6-14)18(23)20-2/h3-8,11,13,16H,9-10,12H2,1-2H3,(H,20,23)(H,21,24). The van der Waals surface area contributed by atoms with E-state index in [-0.39, 0.29) is 24.0 Å². The van der Waals surface area contributed by atoms with Gasteiger partial charge in [-0.2, -0.15) is 0 Å². The summed E-state index contributed by atoms with van der Waals surface area (Å²) in [5, 5.41) is 5.56. The molecule has 3 amide bonds. The minimum atomic E-state index is -0.122. The maximum atomic E-state index is 12.7. The number of urea groups is 1. The van der Waals surface area contributed by atoms with E-state index in [1.165, 1.54) is 0 Å². The Morgan fingerprint density at radius 3 is 2.52 bits per heavy atom. The monoisotopic (exact) mass is 341 g/mol. The Bertz CT molecular complexity index is 721. The van der Waals surface area contributed by atoms with E-state index in [0.29, 0.717) is 12.1 Å². The number of nitrogens with zero attached hydrogens (tertiary/aromatic N) is 1. The van der Waals surface area contributed by atoms with E-state index in [1.54, 1.807) is 25.4 Å².